The fourth-order valence-corrected chi connectivity index (χ4v) is 2.21. The molecule has 2 heterocycles. The van der Waals surface area contributed by atoms with E-state index in [4.69, 9.17) is 5.11 Å². The number of amides is 2. The number of carbonyl (C=O) groups excluding carboxylic acids is 2. The third kappa shape index (κ3) is 3.80. The van der Waals surface area contributed by atoms with Crippen molar-refractivity contribution < 1.29 is 14.7 Å². The fourth-order valence-electron chi connectivity index (χ4n) is 2.21. The molecule has 0 aliphatic carbocycles. The van der Waals surface area contributed by atoms with E-state index in [1.54, 1.807) is 24.1 Å². The lowest BCUT2D eigenvalue weighted by Crippen LogP contribution is -2.48. The summed E-state index contributed by atoms with van der Waals surface area (Å²) in [7, 11) is 1.72. The molecular formula is C15H17N3O3. The molecule has 0 bridgehead atoms. The summed E-state index contributed by atoms with van der Waals surface area (Å²) >= 11 is 0. The lowest BCUT2D eigenvalue weighted by molar-refractivity contribution is -0.132. The maximum absolute atomic E-state index is 12.3. The molecule has 0 aromatic carbocycles. The highest BCUT2D eigenvalue weighted by Gasteiger charge is 2.25. The van der Waals surface area contributed by atoms with E-state index in [0.717, 1.165) is 0 Å². The van der Waals surface area contributed by atoms with Crippen molar-refractivity contribution >= 4 is 11.8 Å². The molecule has 0 saturated carbocycles. The highest BCUT2D eigenvalue weighted by atomic mass is 16.2. The number of rotatable bonds is 2. The Morgan fingerprint density at radius 1 is 1.62 bits per heavy atom. The summed E-state index contributed by atoms with van der Waals surface area (Å²) in [5, 5.41) is 11.6. The van der Waals surface area contributed by atoms with E-state index in [1.807, 2.05) is 0 Å². The molecule has 1 aromatic rings. The highest BCUT2D eigenvalue weighted by Crippen LogP contribution is 2.11. The average Bonchev–Trinajstić information content (AvgIpc) is 2.49. The molecule has 1 atom stereocenters. The second kappa shape index (κ2) is 6.86. The second-order valence-electron chi connectivity index (χ2n) is 4.84. The van der Waals surface area contributed by atoms with Crippen molar-refractivity contribution in [2.45, 2.75) is 18.9 Å². The predicted molar refractivity (Wildman–Crippen MR) is 76.3 cm³/mol. The third-order valence-electron chi connectivity index (χ3n) is 3.29. The summed E-state index contributed by atoms with van der Waals surface area (Å²) in [5.74, 6) is 4.99. The van der Waals surface area contributed by atoms with Crippen molar-refractivity contribution in [3.8, 4) is 11.8 Å². The fraction of sp³-hybridized carbons (Fsp3) is 0.400. The normalized spacial score (nSPS) is 17.9. The van der Waals surface area contributed by atoms with Gasteiger partial charge in [0.15, 0.2) is 0 Å². The molecular weight excluding hydrogens is 270 g/mol. The Bertz CT molecular complexity index is 604. The van der Waals surface area contributed by atoms with Crippen LogP contribution in [0.25, 0.3) is 0 Å². The summed E-state index contributed by atoms with van der Waals surface area (Å²) in [6.07, 6.45) is 2.58. The number of aliphatic hydroxyl groups excluding tert-OH is 1. The van der Waals surface area contributed by atoms with E-state index in [-0.39, 0.29) is 30.2 Å². The minimum atomic E-state index is -0.314. The number of carbonyl (C=O) groups is 2. The Morgan fingerprint density at radius 3 is 3.14 bits per heavy atom. The molecule has 1 aliphatic rings. The summed E-state index contributed by atoms with van der Waals surface area (Å²) in [6, 6.07) is 3.28. The van der Waals surface area contributed by atoms with Gasteiger partial charge in [-0.3, -0.25) is 9.59 Å². The Morgan fingerprint density at radius 2 is 2.43 bits per heavy atom. The number of nitrogens with one attached hydrogen (secondary N) is 1. The lowest BCUT2D eigenvalue weighted by Gasteiger charge is -2.30. The van der Waals surface area contributed by atoms with Gasteiger partial charge in [-0.05, 0) is 18.6 Å². The number of nitrogens with zero attached hydrogens (tertiary/aromatic N) is 2. The first-order valence-electron chi connectivity index (χ1n) is 6.71. The van der Waals surface area contributed by atoms with E-state index in [2.05, 4.69) is 22.1 Å². The molecule has 6 heteroatoms. The van der Waals surface area contributed by atoms with E-state index in [1.165, 1.54) is 6.20 Å². The molecule has 110 valence electrons. The Hall–Kier alpha value is -2.39. The smallest absolute Gasteiger partial charge is 0.271 e. The molecule has 1 saturated heterocycles. The van der Waals surface area contributed by atoms with Crippen molar-refractivity contribution in [3.63, 3.8) is 0 Å². The summed E-state index contributed by atoms with van der Waals surface area (Å²) in [6.45, 7) is 0.223. The number of likely N-dealkylation sites (tertiary alicyclic amines) is 1. The molecule has 6 nitrogen and oxygen atoms in total. The van der Waals surface area contributed by atoms with Crippen molar-refractivity contribution in [3.05, 3.63) is 29.6 Å². The summed E-state index contributed by atoms with van der Waals surface area (Å²) in [4.78, 5) is 29.4. The number of pyridine rings is 1. The number of piperidine rings is 1. The zero-order chi connectivity index (χ0) is 15.2. The van der Waals surface area contributed by atoms with Gasteiger partial charge in [0.1, 0.15) is 12.3 Å². The van der Waals surface area contributed by atoms with Crippen LogP contribution in [-0.2, 0) is 4.79 Å². The molecule has 2 N–H and O–H groups in total. The summed E-state index contributed by atoms with van der Waals surface area (Å²) in [5.41, 5.74) is 0.710. The minimum absolute atomic E-state index is 0.0825. The van der Waals surface area contributed by atoms with Gasteiger partial charge in [0.25, 0.3) is 5.91 Å². The number of aliphatic hydroxyl groups is 1. The van der Waals surface area contributed by atoms with Gasteiger partial charge < -0.3 is 15.3 Å². The molecule has 1 aromatic heterocycles. The van der Waals surface area contributed by atoms with Crippen LogP contribution in [0.1, 0.15) is 28.9 Å². The van der Waals surface area contributed by atoms with E-state index in [0.29, 0.717) is 24.9 Å². The van der Waals surface area contributed by atoms with Gasteiger partial charge in [-0.1, -0.05) is 11.8 Å². The molecule has 1 fully saturated rings. The first-order valence-corrected chi connectivity index (χ1v) is 6.71. The maximum atomic E-state index is 12.3. The number of hydrogen-bond donors (Lipinski definition) is 2. The van der Waals surface area contributed by atoms with Gasteiger partial charge in [-0.2, -0.15) is 0 Å². The zero-order valence-electron chi connectivity index (χ0n) is 11.8. The first-order chi connectivity index (χ1) is 10.1. The molecule has 2 amide bonds. The van der Waals surface area contributed by atoms with Crippen molar-refractivity contribution in [1.82, 2.24) is 15.2 Å². The average molecular weight is 287 g/mol. The van der Waals surface area contributed by atoms with Crippen LogP contribution in [0.5, 0.6) is 0 Å². The van der Waals surface area contributed by atoms with Crippen molar-refractivity contribution in [2.24, 2.45) is 0 Å². The van der Waals surface area contributed by atoms with E-state index in [9.17, 15) is 9.59 Å². The topological polar surface area (TPSA) is 82.5 Å². The highest BCUT2D eigenvalue weighted by molar-refractivity contribution is 5.95. The maximum Gasteiger partial charge on any atom is 0.271 e. The van der Waals surface area contributed by atoms with Crippen LogP contribution in [0.15, 0.2) is 18.3 Å². The number of hydrogen-bond acceptors (Lipinski definition) is 4. The minimum Gasteiger partial charge on any atom is -0.384 e. The van der Waals surface area contributed by atoms with Gasteiger partial charge in [-0.25, -0.2) is 4.98 Å². The lowest BCUT2D eigenvalue weighted by atomic mass is 10.1. The van der Waals surface area contributed by atoms with Crippen LogP contribution in [0.2, 0.25) is 0 Å². The van der Waals surface area contributed by atoms with E-state index < -0.39 is 0 Å². The van der Waals surface area contributed by atoms with Crippen molar-refractivity contribution in [2.75, 3.05) is 20.2 Å². The number of aromatic nitrogens is 1. The molecule has 21 heavy (non-hydrogen) atoms. The van der Waals surface area contributed by atoms with Gasteiger partial charge >= 0.3 is 0 Å². The molecule has 1 unspecified atom stereocenters. The molecule has 2 rings (SSSR count). The van der Waals surface area contributed by atoms with Crippen LogP contribution >= 0.6 is 0 Å². The molecule has 0 radical (unpaired) electrons. The first kappa shape index (κ1) is 15.0. The van der Waals surface area contributed by atoms with Crippen LogP contribution in [0.4, 0.5) is 0 Å². The Labute approximate surface area is 123 Å². The van der Waals surface area contributed by atoms with Crippen LogP contribution in [0, 0.1) is 11.8 Å². The van der Waals surface area contributed by atoms with Crippen LogP contribution < -0.4 is 5.32 Å². The number of likely N-dealkylation sites (N-methyl/N-ethyl adjacent to an activating group) is 1. The summed E-state index contributed by atoms with van der Waals surface area (Å²) < 4.78 is 0. The second-order valence-corrected chi connectivity index (χ2v) is 4.84. The molecule has 0 spiro atoms. The SMILES string of the molecule is CN1CC(NC(=O)c2ncccc2C#CCO)CCC1=O. The van der Waals surface area contributed by atoms with Gasteiger partial charge in [0.05, 0.1) is 5.56 Å². The quantitative estimate of drug-likeness (QED) is 0.737. The van der Waals surface area contributed by atoms with E-state index >= 15 is 0 Å². The largest absolute Gasteiger partial charge is 0.384 e. The monoisotopic (exact) mass is 287 g/mol. The Kier molecular flexibility index (Phi) is 4.90. The van der Waals surface area contributed by atoms with Gasteiger partial charge in [-0.15, -0.1) is 0 Å². The zero-order valence-corrected chi connectivity index (χ0v) is 11.8. The van der Waals surface area contributed by atoms with Crippen molar-refractivity contribution in [1.29, 1.82) is 0 Å². The van der Waals surface area contributed by atoms with Gasteiger partial charge in [0, 0.05) is 32.3 Å². The third-order valence-corrected chi connectivity index (χ3v) is 3.29. The standard InChI is InChI=1S/C15H17N3O3/c1-18-10-12(6-7-13(18)20)17-15(21)14-11(5-3-9-19)4-2-8-16-14/h2,4,8,12,19H,6-7,9-10H2,1H3,(H,17,21). The Balaban J connectivity index is 2.09. The van der Waals surface area contributed by atoms with Crippen LogP contribution in [0.3, 0.4) is 0 Å². The van der Waals surface area contributed by atoms with Crippen LogP contribution in [-0.4, -0.2) is 53.0 Å². The predicted octanol–water partition coefficient (Wildman–Crippen LogP) is -0.224. The van der Waals surface area contributed by atoms with Gasteiger partial charge in [0.2, 0.25) is 5.91 Å². The molecule has 1 aliphatic heterocycles.